The molecule has 5 nitrogen and oxygen atoms in total. The summed E-state index contributed by atoms with van der Waals surface area (Å²) >= 11 is 0. The lowest BCUT2D eigenvalue weighted by Crippen LogP contribution is -2.33. The molecule has 1 aromatic carbocycles. The van der Waals surface area contributed by atoms with Gasteiger partial charge in [0, 0.05) is 6.92 Å². The minimum Gasteiger partial charge on any atom is -0.442 e. The lowest BCUT2D eigenvalue weighted by molar-refractivity contribution is -0.119. The van der Waals surface area contributed by atoms with Crippen molar-refractivity contribution >= 4 is 17.7 Å². The first kappa shape index (κ1) is 13.3. The van der Waals surface area contributed by atoms with Gasteiger partial charge in [0.25, 0.3) is 0 Å². The summed E-state index contributed by atoms with van der Waals surface area (Å²) in [6, 6.07) is 4.58. The average molecular weight is 266 g/mol. The molecule has 0 aliphatic carbocycles. The van der Waals surface area contributed by atoms with E-state index in [1.54, 1.807) is 19.1 Å². The fraction of sp³-hybridized carbons (Fsp3) is 0.385. The van der Waals surface area contributed by atoms with Crippen LogP contribution >= 0.6 is 0 Å². The number of halogens is 1. The molecule has 0 spiro atoms. The van der Waals surface area contributed by atoms with Crippen LogP contribution in [-0.4, -0.2) is 31.2 Å². The van der Waals surface area contributed by atoms with Crippen LogP contribution in [0.25, 0.3) is 0 Å². The van der Waals surface area contributed by atoms with Gasteiger partial charge in [0.2, 0.25) is 5.91 Å². The van der Waals surface area contributed by atoms with Crippen LogP contribution in [0.5, 0.6) is 0 Å². The largest absolute Gasteiger partial charge is 0.442 e. The zero-order valence-electron chi connectivity index (χ0n) is 10.8. The molecule has 1 N–H and O–H groups in total. The van der Waals surface area contributed by atoms with Crippen molar-refractivity contribution in [2.24, 2.45) is 0 Å². The van der Waals surface area contributed by atoms with Crippen molar-refractivity contribution in [1.29, 1.82) is 0 Å². The van der Waals surface area contributed by atoms with Crippen LogP contribution in [0, 0.1) is 12.7 Å². The first-order valence-corrected chi connectivity index (χ1v) is 5.96. The summed E-state index contributed by atoms with van der Waals surface area (Å²) in [6.07, 6.45) is -0.945. The molecule has 2 amide bonds. The Hall–Kier alpha value is -2.11. The molecule has 19 heavy (non-hydrogen) atoms. The number of anilines is 1. The van der Waals surface area contributed by atoms with E-state index in [1.165, 1.54) is 17.9 Å². The van der Waals surface area contributed by atoms with Gasteiger partial charge in [0.15, 0.2) is 0 Å². The van der Waals surface area contributed by atoms with Gasteiger partial charge in [-0.25, -0.2) is 9.18 Å². The second kappa shape index (κ2) is 5.26. The number of hydrogen-bond acceptors (Lipinski definition) is 3. The molecule has 1 aromatic rings. The van der Waals surface area contributed by atoms with E-state index in [-0.39, 0.29) is 18.3 Å². The average Bonchev–Trinajstić information content (AvgIpc) is 2.72. The van der Waals surface area contributed by atoms with Crippen LogP contribution in [0.1, 0.15) is 12.5 Å². The van der Waals surface area contributed by atoms with Crippen molar-refractivity contribution in [3.63, 3.8) is 0 Å². The summed E-state index contributed by atoms with van der Waals surface area (Å²) in [6.45, 7) is 3.60. The van der Waals surface area contributed by atoms with E-state index < -0.39 is 12.2 Å². The van der Waals surface area contributed by atoms with Gasteiger partial charge in [0.05, 0.1) is 18.8 Å². The van der Waals surface area contributed by atoms with Crippen LogP contribution in [0.4, 0.5) is 14.9 Å². The molecule has 1 aliphatic heterocycles. The number of benzene rings is 1. The predicted octanol–water partition coefficient (Wildman–Crippen LogP) is 1.60. The van der Waals surface area contributed by atoms with Crippen molar-refractivity contribution in [2.45, 2.75) is 20.0 Å². The molecular weight excluding hydrogens is 251 g/mol. The van der Waals surface area contributed by atoms with Crippen LogP contribution in [-0.2, 0) is 9.53 Å². The van der Waals surface area contributed by atoms with Crippen molar-refractivity contribution in [2.75, 3.05) is 18.0 Å². The maximum Gasteiger partial charge on any atom is 0.414 e. The number of cyclic esters (lactones) is 1. The van der Waals surface area contributed by atoms with Gasteiger partial charge in [-0.3, -0.25) is 9.69 Å². The number of carbonyl (C=O) groups is 2. The first-order valence-electron chi connectivity index (χ1n) is 5.96. The molecular formula is C13H15FN2O3. The Morgan fingerprint density at radius 3 is 2.95 bits per heavy atom. The highest BCUT2D eigenvalue weighted by Gasteiger charge is 2.32. The molecule has 0 saturated carbocycles. The summed E-state index contributed by atoms with van der Waals surface area (Å²) in [5.74, 6) is -0.550. The fourth-order valence-corrected chi connectivity index (χ4v) is 1.85. The van der Waals surface area contributed by atoms with Gasteiger partial charge < -0.3 is 10.1 Å². The van der Waals surface area contributed by atoms with E-state index in [0.717, 1.165) is 0 Å². The molecule has 0 aromatic heterocycles. The standard InChI is InChI=1S/C13H15FN2O3/c1-8-3-4-10(5-12(8)14)16-7-11(19-13(16)18)6-15-9(2)17/h3-5,11H,6-7H2,1-2H3,(H,15,17)/t11-/m0/s1. The molecule has 1 atom stereocenters. The maximum atomic E-state index is 13.5. The van der Waals surface area contributed by atoms with E-state index >= 15 is 0 Å². The van der Waals surface area contributed by atoms with E-state index in [4.69, 9.17) is 4.74 Å². The Morgan fingerprint density at radius 1 is 1.58 bits per heavy atom. The Labute approximate surface area is 110 Å². The minimum atomic E-state index is -0.529. The number of nitrogens with one attached hydrogen (secondary N) is 1. The predicted molar refractivity (Wildman–Crippen MR) is 67.4 cm³/mol. The van der Waals surface area contributed by atoms with Crippen molar-refractivity contribution in [3.8, 4) is 0 Å². The molecule has 2 rings (SSSR count). The third-order valence-electron chi connectivity index (χ3n) is 2.92. The molecule has 6 heteroatoms. The molecule has 1 aliphatic rings. The number of carbonyl (C=O) groups excluding carboxylic acids is 2. The van der Waals surface area contributed by atoms with Gasteiger partial charge in [-0.05, 0) is 24.6 Å². The third-order valence-corrected chi connectivity index (χ3v) is 2.92. The van der Waals surface area contributed by atoms with Gasteiger partial charge in [-0.2, -0.15) is 0 Å². The summed E-state index contributed by atoms with van der Waals surface area (Å²) < 4.78 is 18.6. The summed E-state index contributed by atoms with van der Waals surface area (Å²) in [5.41, 5.74) is 0.976. The van der Waals surface area contributed by atoms with Crippen molar-refractivity contribution < 1.29 is 18.7 Å². The molecule has 0 unspecified atom stereocenters. The lowest BCUT2D eigenvalue weighted by atomic mass is 10.2. The van der Waals surface area contributed by atoms with Crippen LogP contribution in [0.15, 0.2) is 18.2 Å². The smallest absolute Gasteiger partial charge is 0.414 e. The number of hydrogen-bond donors (Lipinski definition) is 1. The molecule has 1 fully saturated rings. The topological polar surface area (TPSA) is 58.6 Å². The molecule has 0 bridgehead atoms. The second-order valence-corrected chi connectivity index (χ2v) is 4.49. The van der Waals surface area contributed by atoms with Gasteiger partial charge in [0.1, 0.15) is 11.9 Å². The van der Waals surface area contributed by atoms with Crippen LogP contribution in [0.2, 0.25) is 0 Å². The normalized spacial score (nSPS) is 18.4. The number of nitrogens with zero attached hydrogens (tertiary/aromatic N) is 1. The molecule has 0 radical (unpaired) electrons. The highest BCUT2D eigenvalue weighted by atomic mass is 19.1. The van der Waals surface area contributed by atoms with Gasteiger partial charge >= 0.3 is 6.09 Å². The Bertz CT molecular complexity index is 519. The van der Waals surface area contributed by atoms with E-state index in [0.29, 0.717) is 17.8 Å². The zero-order chi connectivity index (χ0) is 14.0. The number of aryl methyl sites for hydroxylation is 1. The van der Waals surface area contributed by atoms with Crippen molar-refractivity contribution in [3.05, 3.63) is 29.6 Å². The van der Waals surface area contributed by atoms with E-state index in [9.17, 15) is 14.0 Å². The third kappa shape index (κ3) is 3.01. The maximum absolute atomic E-state index is 13.5. The van der Waals surface area contributed by atoms with Crippen LogP contribution in [0.3, 0.4) is 0 Å². The summed E-state index contributed by atoms with van der Waals surface area (Å²) in [4.78, 5) is 23.9. The van der Waals surface area contributed by atoms with E-state index in [1.807, 2.05) is 0 Å². The summed E-state index contributed by atoms with van der Waals surface area (Å²) in [5, 5.41) is 2.58. The second-order valence-electron chi connectivity index (χ2n) is 4.49. The summed E-state index contributed by atoms with van der Waals surface area (Å²) in [7, 11) is 0. The van der Waals surface area contributed by atoms with E-state index in [2.05, 4.69) is 5.32 Å². The molecule has 102 valence electrons. The quantitative estimate of drug-likeness (QED) is 0.904. The SMILES string of the molecule is CC(=O)NC[C@H]1CN(c2ccc(C)c(F)c2)C(=O)O1. The Kier molecular flexibility index (Phi) is 3.69. The number of rotatable bonds is 3. The number of ether oxygens (including phenoxy) is 1. The monoisotopic (exact) mass is 266 g/mol. The Morgan fingerprint density at radius 2 is 2.32 bits per heavy atom. The van der Waals surface area contributed by atoms with Crippen LogP contribution < -0.4 is 10.2 Å². The number of amides is 2. The molecule has 1 heterocycles. The molecule has 1 saturated heterocycles. The fourth-order valence-electron chi connectivity index (χ4n) is 1.85. The highest BCUT2D eigenvalue weighted by molar-refractivity contribution is 5.89. The van der Waals surface area contributed by atoms with Gasteiger partial charge in [-0.1, -0.05) is 6.07 Å². The highest BCUT2D eigenvalue weighted by Crippen LogP contribution is 2.23. The Balaban J connectivity index is 2.07. The first-order chi connectivity index (χ1) is 8.97. The minimum absolute atomic E-state index is 0.184. The lowest BCUT2D eigenvalue weighted by Gasteiger charge is -2.13. The van der Waals surface area contributed by atoms with Gasteiger partial charge in [-0.15, -0.1) is 0 Å². The van der Waals surface area contributed by atoms with Crippen molar-refractivity contribution in [1.82, 2.24) is 5.32 Å². The zero-order valence-corrected chi connectivity index (χ0v) is 10.8.